The lowest BCUT2D eigenvalue weighted by Crippen LogP contribution is -2.52. The van der Waals surface area contributed by atoms with Crippen LogP contribution < -0.4 is 16.4 Å². The molecule has 7 nitrogen and oxygen atoms in total. The Bertz CT molecular complexity index is 863. The molecule has 0 radical (unpaired) electrons. The molecule has 0 saturated carbocycles. The first-order valence-corrected chi connectivity index (χ1v) is 10.1. The predicted molar refractivity (Wildman–Crippen MR) is 115 cm³/mol. The number of hydrogen-bond acceptors (Lipinski definition) is 7. The van der Waals surface area contributed by atoms with Gasteiger partial charge in [0.05, 0.1) is 18.9 Å². The van der Waals surface area contributed by atoms with E-state index in [0.717, 1.165) is 68.5 Å². The zero-order chi connectivity index (χ0) is 19.9. The summed E-state index contributed by atoms with van der Waals surface area (Å²) in [5.74, 6) is -0.126. The fourth-order valence-electron chi connectivity index (χ4n) is 3.56. The number of aromatic nitrogens is 1. The molecule has 1 aromatic heterocycles. The Kier molecular flexibility index (Phi) is 6.19. The monoisotopic (exact) mass is 392 g/mol. The lowest BCUT2D eigenvalue weighted by Gasteiger charge is -2.32. The van der Waals surface area contributed by atoms with Gasteiger partial charge in [0.1, 0.15) is 5.82 Å². The highest BCUT2D eigenvalue weighted by Crippen LogP contribution is 2.25. The first-order valence-electron chi connectivity index (χ1n) is 10.1. The number of hydrogen-bond donors (Lipinski definition) is 3. The third-order valence-electron chi connectivity index (χ3n) is 5.18. The van der Waals surface area contributed by atoms with Gasteiger partial charge in [-0.3, -0.25) is 15.6 Å². The van der Waals surface area contributed by atoms with Crippen LogP contribution in [0.25, 0.3) is 11.3 Å². The molecular weight excluding hydrogens is 364 g/mol. The summed E-state index contributed by atoms with van der Waals surface area (Å²) < 4.78 is 5.39. The van der Waals surface area contributed by atoms with Gasteiger partial charge in [-0.1, -0.05) is 24.3 Å². The fraction of sp³-hybridized carbons (Fsp3) is 0.364. The zero-order valence-electron chi connectivity index (χ0n) is 16.6. The van der Waals surface area contributed by atoms with Gasteiger partial charge in [0, 0.05) is 43.2 Å². The lowest BCUT2D eigenvalue weighted by atomic mass is 10.0. The molecule has 152 valence electrons. The number of morpholine rings is 1. The molecule has 2 aromatic rings. The molecule has 3 heterocycles. The van der Waals surface area contributed by atoms with Crippen LogP contribution in [0.2, 0.25) is 0 Å². The van der Waals surface area contributed by atoms with Crippen LogP contribution in [0.5, 0.6) is 0 Å². The third-order valence-corrected chi connectivity index (χ3v) is 5.18. The maximum absolute atomic E-state index is 6.61. The van der Waals surface area contributed by atoms with Gasteiger partial charge in [-0.15, -0.1) is 0 Å². The van der Waals surface area contributed by atoms with E-state index in [4.69, 9.17) is 10.5 Å². The number of nitrogens with two attached hydrogens (primary N) is 1. The van der Waals surface area contributed by atoms with E-state index < -0.39 is 5.79 Å². The summed E-state index contributed by atoms with van der Waals surface area (Å²) in [4.78, 5) is 11.4. The third kappa shape index (κ3) is 5.00. The van der Waals surface area contributed by atoms with Crippen molar-refractivity contribution in [3.05, 3.63) is 66.1 Å². The van der Waals surface area contributed by atoms with Crippen molar-refractivity contribution in [3.8, 4) is 11.3 Å². The van der Waals surface area contributed by atoms with E-state index in [2.05, 4.69) is 25.5 Å². The van der Waals surface area contributed by atoms with Gasteiger partial charge >= 0.3 is 0 Å². The number of pyridine rings is 1. The zero-order valence-corrected chi connectivity index (χ0v) is 16.6. The largest absolute Gasteiger partial charge is 0.379 e. The topological polar surface area (TPSA) is 87.8 Å². The molecule has 7 heteroatoms. The van der Waals surface area contributed by atoms with Crippen molar-refractivity contribution >= 4 is 6.21 Å². The molecule has 1 unspecified atom stereocenters. The maximum Gasteiger partial charge on any atom is 0.210 e. The minimum absolute atomic E-state index is 0.837. The van der Waals surface area contributed by atoms with E-state index in [1.54, 1.807) is 12.4 Å². The summed E-state index contributed by atoms with van der Waals surface area (Å²) in [6.45, 7) is 5.65. The first-order chi connectivity index (χ1) is 14.2. The second kappa shape index (κ2) is 9.17. The molecule has 2 aliphatic heterocycles. The molecule has 2 aliphatic rings. The van der Waals surface area contributed by atoms with Gasteiger partial charge in [-0.2, -0.15) is 0 Å². The molecule has 29 heavy (non-hydrogen) atoms. The smallest absolute Gasteiger partial charge is 0.210 e. The standard InChI is InChI=1S/C22H28N6O/c23-22(19-6-3-5-18(17-19)20-7-1-2-9-24-20)26-11-8-21(27-22)25-10-4-12-28-13-15-29-16-14-28/h1-3,5-9,11,17,25,27H,4,10,12-16,23H2. The summed E-state index contributed by atoms with van der Waals surface area (Å²) in [5, 5.41) is 6.78. The normalized spacial score (nSPS) is 22.0. The van der Waals surface area contributed by atoms with Crippen molar-refractivity contribution < 1.29 is 4.74 Å². The number of nitrogens with one attached hydrogen (secondary N) is 2. The van der Waals surface area contributed by atoms with Crippen molar-refractivity contribution in [2.75, 3.05) is 39.4 Å². The van der Waals surface area contributed by atoms with Gasteiger partial charge < -0.3 is 15.4 Å². The summed E-state index contributed by atoms with van der Waals surface area (Å²) in [6, 6.07) is 13.9. The number of rotatable bonds is 7. The van der Waals surface area contributed by atoms with Crippen molar-refractivity contribution in [2.45, 2.75) is 12.2 Å². The SMILES string of the molecule is NC1(c2cccc(-c3ccccn3)c2)N=CC=C(NCCCN2CCOCC2)N1. The first kappa shape index (κ1) is 19.6. The number of ether oxygens (including phenoxy) is 1. The van der Waals surface area contributed by atoms with Gasteiger partial charge in [0.2, 0.25) is 5.79 Å². The van der Waals surface area contributed by atoms with Crippen LogP contribution in [-0.2, 0) is 10.5 Å². The van der Waals surface area contributed by atoms with Crippen molar-refractivity contribution in [1.82, 2.24) is 20.5 Å². The van der Waals surface area contributed by atoms with Gasteiger partial charge in [-0.05, 0) is 37.2 Å². The van der Waals surface area contributed by atoms with E-state index in [1.165, 1.54) is 0 Å². The fourth-order valence-corrected chi connectivity index (χ4v) is 3.56. The van der Waals surface area contributed by atoms with E-state index in [9.17, 15) is 0 Å². The average Bonchev–Trinajstić information content (AvgIpc) is 2.78. The van der Waals surface area contributed by atoms with Gasteiger partial charge in [0.25, 0.3) is 0 Å². The second-order valence-electron chi connectivity index (χ2n) is 7.28. The predicted octanol–water partition coefficient (Wildman–Crippen LogP) is 1.64. The summed E-state index contributed by atoms with van der Waals surface area (Å²) in [5.41, 5.74) is 9.42. The van der Waals surface area contributed by atoms with Crippen LogP contribution in [0.15, 0.2) is 65.6 Å². The molecule has 1 saturated heterocycles. The Morgan fingerprint density at radius 1 is 1.17 bits per heavy atom. The number of aliphatic imine (C=N–C) groups is 1. The Morgan fingerprint density at radius 3 is 2.90 bits per heavy atom. The Labute approximate surface area is 171 Å². The van der Waals surface area contributed by atoms with Crippen molar-refractivity contribution in [2.24, 2.45) is 10.7 Å². The highest BCUT2D eigenvalue weighted by molar-refractivity contribution is 5.74. The van der Waals surface area contributed by atoms with Crippen LogP contribution in [0.1, 0.15) is 12.0 Å². The van der Waals surface area contributed by atoms with Crippen LogP contribution in [0.3, 0.4) is 0 Å². The molecule has 4 N–H and O–H groups in total. The highest BCUT2D eigenvalue weighted by Gasteiger charge is 2.28. The van der Waals surface area contributed by atoms with Crippen LogP contribution in [0.4, 0.5) is 0 Å². The molecule has 0 spiro atoms. The molecule has 1 atom stereocenters. The summed E-state index contributed by atoms with van der Waals surface area (Å²) in [6.07, 6.45) is 6.53. The van der Waals surface area contributed by atoms with E-state index in [0.29, 0.717) is 0 Å². The quantitative estimate of drug-likeness (QED) is 0.621. The van der Waals surface area contributed by atoms with E-state index in [1.807, 2.05) is 48.5 Å². The van der Waals surface area contributed by atoms with Crippen LogP contribution in [0, 0.1) is 0 Å². The highest BCUT2D eigenvalue weighted by atomic mass is 16.5. The Balaban J connectivity index is 1.35. The summed E-state index contributed by atoms with van der Waals surface area (Å²) >= 11 is 0. The van der Waals surface area contributed by atoms with Gasteiger partial charge in [-0.25, -0.2) is 4.99 Å². The Hall–Kier alpha value is -2.74. The van der Waals surface area contributed by atoms with Crippen molar-refractivity contribution in [3.63, 3.8) is 0 Å². The number of nitrogens with zero attached hydrogens (tertiary/aromatic N) is 3. The van der Waals surface area contributed by atoms with E-state index >= 15 is 0 Å². The molecule has 0 bridgehead atoms. The van der Waals surface area contributed by atoms with Crippen LogP contribution in [-0.4, -0.2) is 55.5 Å². The van der Waals surface area contributed by atoms with Crippen molar-refractivity contribution in [1.29, 1.82) is 0 Å². The minimum Gasteiger partial charge on any atom is -0.379 e. The molecule has 0 amide bonds. The maximum atomic E-state index is 6.61. The Morgan fingerprint density at radius 2 is 2.07 bits per heavy atom. The summed E-state index contributed by atoms with van der Waals surface area (Å²) in [7, 11) is 0. The number of allylic oxidation sites excluding steroid dienone is 1. The molecule has 1 aromatic carbocycles. The number of benzene rings is 1. The second-order valence-corrected chi connectivity index (χ2v) is 7.28. The van der Waals surface area contributed by atoms with E-state index in [-0.39, 0.29) is 0 Å². The molecule has 1 fully saturated rings. The molecule has 0 aliphatic carbocycles. The minimum atomic E-state index is -1.01. The molecular formula is C22H28N6O. The average molecular weight is 393 g/mol. The lowest BCUT2D eigenvalue weighted by molar-refractivity contribution is 0.0375. The van der Waals surface area contributed by atoms with Crippen LogP contribution >= 0.6 is 0 Å². The molecule has 4 rings (SSSR count). The van der Waals surface area contributed by atoms with Gasteiger partial charge in [0.15, 0.2) is 0 Å².